The highest BCUT2D eigenvalue weighted by atomic mass is 16.5. The Bertz CT molecular complexity index is 501. The van der Waals surface area contributed by atoms with Crippen LogP contribution in [-0.2, 0) is 14.3 Å². The molecule has 2 rings (SSSR count). The summed E-state index contributed by atoms with van der Waals surface area (Å²) in [7, 11) is 0. The average Bonchev–Trinajstić information content (AvgIpc) is 2.59. The molecule has 0 bridgehead atoms. The summed E-state index contributed by atoms with van der Waals surface area (Å²) in [6, 6.07) is 0. The van der Waals surface area contributed by atoms with Gasteiger partial charge in [-0.25, -0.2) is 0 Å². The zero-order valence-electron chi connectivity index (χ0n) is 13.1. The van der Waals surface area contributed by atoms with Crippen LogP contribution in [0.2, 0.25) is 0 Å². The fraction of sp³-hybridized carbons (Fsp3) is 0.688. The number of carbonyl (C=O) groups is 1. The molecule has 0 saturated heterocycles. The van der Waals surface area contributed by atoms with Crippen molar-refractivity contribution in [3.63, 3.8) is 0 Å². The lowest BCUT2D eigenvalue weighted by molar-refractivity contribution is -0.133. The number of allylic oxidation sites excluding steroid dienone is 2. The molecule has 4 nitrogen and oxygen atoms in total. The van der Waals surface area contributed by atoms with Gasteiger partial charge in [-0.15, -0.1) is 0 Å². The Morgan fingerprint density at radius 2 is 1.75 bits per heavy atom. The topological polar surface area (TPSA) is 55.8 Å². The van der Waals surface area contributed by atoms with Gasteiger partial charge in [0.2, 0.25) is 11.5 Å². The van der Waals surface area contributed by atoms with Gasteiger partial charge < -0.3 is 14.6 Å². The maximum Gasteiger partial charge on any atom is 0.210 e. The molecule has 4 heteroatoms. The second-order valence-corrected chi connectivity index (χ2v) is 6.59. The van der Waals surface area contributed by atoms with E-state index in [1.807, 2.05) is 34.6 Å². The Labute approximate surface area is 120 Å². The molecule has 0 saturated carbocycles. The van der Waals surface area contributed by atoms with Gasteiger partial charge in [0, 0.05) is 0 Å². The number of hydrogen-bond donors (Lipinski definition) is 1. The average molecular weight is 280 g/mol. The number of ketones is 1. The zero-order chi connectivity index (χ0) is 15.3. The van der Waals surface area contributed by atoms with Gasteiger partial charge >= 0.3 is 0 Å². The zero-order valence-corrected chi connectivity index (χ0v) is 13.1. The van der Waals surface area contributed by atoms with Gasteiger partial charge in [0.25, 0.3) is 0 Å². The van der Waals surface area contributed by atoms with Crippen LogP contribution in [0.4, 0.5) is 0 Å². The number of hydrogen-bond acceptors (Lipinski definition) is 4. The van der Waals surface area contributed by atoms with E-state index in [-0.39, 0.29) is 29.5 Å². The van der Waals surface area contributed by atoms with Crippen molar-refractivity contribution < 1.29 is 19.4 Å². The van der Waals surface area contributed by atoms with Crippen LogP contribution in [0.1, 0.15) is 48.0 Å². The summed E-state index contributed by atoms with van der Waals surface area (Å²) in [4.78, 5) is 12.7. The predicted octanol–water partition coefficient (Wildman–Crippen LogP) is 2.72. The lowest BCUT2D eigenvalue weighted by Gasteiger charge is -2.32. The summed E-state index contributed by atoms with van der Waals surface area (Å²) in [6.07, 6.45) is 1.98. The van der Waals surface area contributed by atoms with E-state index in [4.69, 9.17) is 9.47 Å². The van der Waals surface area contributed by atoms with Crippen molar-refractivity contribution in [1.29, 1.82) is 0 Å². The monoisotopic (exact) mass is 280 g/mol. The van der Waals surface area contributed by atoms with Crippen molar-refractivity contribution in [3.05, 3.63) is 23.2 Å². The summed E-state index contributed by atoms with van der Waals surface area (Å²) < 4.78 is 11.4. The van der Waals surface area contributed by atoms with Crippen LogP contribution in [0.3, 0.4) is 0 Å². The lowest BCUT2D eigenvalue weighted by Crippen LogP contribution is -2.44. The molecule has 2 aliphatic carbocycles. The molecule has 0 spiro atoms. The highest BCUT2D eigenvalue weighted by molar-refractivity contribution is 6.04. The number of fused-ring (bicyclic) bond motifs is 1. The van der Waals surface area contributed by atoms with E-state index in [0.717, 1.165) is 5.57 Å². The standard InChI is InChI=1S/C16H24O4/c1-9(2)19-12-13(17)15(6)7-11(5)8-16(15,18)14(12)20-10(3)4/h8-10,18H,7H2,1-6H3/t15-,16-/m1/s1. The molecule has 0 aliphatic heterocycles. The van der Waals surface area contributed by atoms with Gasteiger partial charge in [-0.3, -0.25) is 4.79 Å². The van der Waals surface area contributed by atoms with Crippen LogP contribution in [0, 0.1) is 5.41 Å². The minimum Gasteiger partial charge on any atom is -0.488 e. The molecule has 0 radical (unpaired) electrons. The van der Waals surface area contributed by atoms with Crippen LogP contribution < -0.4 is 0 Å². The molecule has 0 amide bonds. The Balaban J connectivity index is 2.55. The van der Waals surface area contributed by atoms with E-state index in [9.17, 15) is 9.90 Å². The lowest BCUT2D eigenvalue weighted by atomic mass is 9.76. The molecular weight excluding hydrogens is 256 g/mol. The fourth-order valence-corrected chi connectivity index (χ4v) is 3.08. The predicted molar refractivity (Wildman–Crippen MR) is 75.9 cm³/mol. The van der Waals surface area contributed by atoms with E-state index in [1.165, 1.54) is 0 Å². The molecule has 1 N–H and O–H groups in total. The number of rotatable bonds is 4. The van der Waals surface area contributed by atoms with Gasteiger partial charge in [-0.1, -0.05) is 5.57 Å². The number of ether oxygens (including phenoxy) is 2. The Kier molecular flexibility index (Phi) is 3.49. The number of aliphatic hydroxyl groups is 1. The van der Waals surface area contributed by atoms with Crippen molar-refractivity contribution in [3.8, 4) is 0 Å². The van der Waals surface area contributed by atoms with Crippen LogP contribution in [-0.4, -0.2) is 28.7 Å². The maximum absolute atomic E-state index is 12.7. The highest BCUT2D eigenvalue weighted by Crippen LogP contribution is 2.56. The fourth-order valence-electron chi connectivity index (χ4n) is 3.08. The maximum atomic E-state index is 12.7. The molecule has 0 unspecified atom stereocenters. The third-order valence-corrected chi connectivity index (χ3v) is 3.90. The Morgan fingerprint density at radius 3 is 2.25 bits per heavy atom. The molecule has 112 valence electrons. The molecule has 0 heterocycles. The molecule has 2 atom stereocenters. The smallest absolute Gasteiger partial charge is 0.210 e. The van der Waals surface area contributed by atoms with Crippen molar-refractivity contribution in [2.45, 2.75) is 65.8 Å². The second kappa shape index (κ2) is 4.62. The van der Waals surface area contributed by atoms with E-state index in [2.05, 4.69) is 0 Å². The first-order valence-corrected chi connectivity index (χ1v) is 7.15. The van der Waals surface area contributed by atoms with Gasteiger partial charge in [-0.2, -0.15) is 0 Å². The van der Waals surface area contributed by atoms with Crippen molar-refractivity contribution in [1.82, 2.24) is 0 Å². The number of carbonyl (C=O) groups excluding carboxylic acids is 1. The quantitative estimate of drug-likeness (QED) is 0.804. The molecule has 2 aliphatic rings. The van der Waals surface area contributed by atoms with Gasteiger partial charge in [0.15, 0.2) is 11.4 Å². The first-order chi connectivity index (χ1) is 9.11. The van der Waals surface area contributed by atoms with E-state index in [1.54, 1.807) is 13.0 Å². The third kappa shape index (κ3) is 1.97. The van der Waals surface area contributed by atoms with Crippen LogP contribution in [0.15, 0.2) is 23.2 Å². The van der Waals surface area contributed by atoms with Crippen molar-refractivity contribution in [2.24, 2.45) is 5.41 Å². The van der Waals surface area contributed by atoms with E-state index < -0.39 is 11.0 Å². The van der Waals surface area contributed by atoms with Gasteiger partial charge in [0.05, 0.1) is 17.6 Å². The van der Waals surface area contributed by atoms with Gasteiger partial charge in [-0.05, 0) is 54.0 Å². The van der Waals surface area contributed by atoms with Crippen molar-refractivity contribution in [2.75, 3.05) is 0 Å². The minimum absolute atomic E-state index is 0.135. The first kappa shape index (κ1) is 15.1. The molecule has 0 aromatic carbocycles. The first-order valence-electron chi connectivity index (χ1n) is 7.15. The van der Waals surface area contributed by atoms with Gasteiger partial charge in [0.1, 0.15) is 0 Å². The van der Waals surface area contributed by atoms with Crippen LogP contribution in [0.5, 0.6) is 0 Å². The molecular formula is C16H24O4. The Morgan fingerprint density at radius 1 is 1.20 bits per heavy atom. The summed E-state index contributed by atoms with van der Waals surface area (Å²) in [5.41, 5.74) is -1.30. The SMILES string of the molecule is CC1=C[C@@]2(O)C(OC(C)C)=C(OC(C)C)C(=O)[C@@]2(C)C1. The molecule has 0 aromatic rings. The third-order valence-electron chi connectivity index (χ3n) is 3.90. The van der Waals surface area contributed by atoms with Crippen molar-refractivity contribution >= 4 is 5.78 Å². The minimum atomic E-state index is -1.39. The largest absolute Gasteiger partial charge is 0.488 e. The van der Waals surface area contributed by atoms with Crippen LogP contribution >= 0.6 is 0 Å². The molecule has 0 fully saturated rings. The summed E-state index contributed by atoms with van der Waals surface area (Å²) in [5, 5.41) is 11.1. The van der Waals surface area contributed by atoms with E-state index in [0.29, 0.717) is 6.42 Å². The number of Topliss-reactive ketones (excluding diaryl/α,β-unsaturated/α-hetero) is 1. The highest BCUT2D eigenvalue weighted by Gasteiger charge is 2.65. The summed E-state index contributed by atoms with van der Waals surface area (Å²) >= 11 is 0. The molecule has 0 aromatic heterocycles. The summed E-state index contributed by atoms with van der Waals surface area (Å²) in [6.45, 7) is 11.2. The molecule has 20 heavy (non-hydrogen) atoms. The van der Waals surface area contributed by atoms with E-state index >= 15 is 0 Å². The second-order valence-electron chi connectivity index (χ2n) is 6.59. The summed E-state index contributed by atoms with van der Waals surface area (Å²) in [5.74, 6) is 0.283. The normalized spacial score (nSPS) is 33.0. The van der Waals surface area contributed by atoms with Crippen LogP contribution in [0.25, 0.3) is 0 Å². The Hall–Kier alpha value is -1.29.